The van der Waals surface area contributed by atoms with Crippen molar-refractivity contribution < 1.29 is 10.4 Å². The molecule has 3 heteroatoms. The average molecular weight is 309 g/mol. The molecule has 3 atom stereocenters. The van der Waals surface area contributed by atoms with E-state index in [1.165, 1.54) is 32.1 Å². The van der Waals surface area contributed by atoms with Gasteiger partial charge in [-0.15, -0.1) is 0 Å². The van der Waals surface area contributed by atoms with E-state index in [1.807, 2.05) is 0 Å². The second-order valence-electron chi connectivity index (χ2n) is 4.80. The first kappa shape index (κ1) is 11.1. The van der Waals surface area contributed by atoms with E-state index >= 15 is 0 Å². The van der Waals surface area contributed by atoms with E-state index in [-0.39, 0.29) is 6.10 Å². The lowest BCUT2D eigenvalue weighted by Crippen LogP contribution is -2.99. The number of rotatable bonds is 1. The molecule has 14 heavy (non-hydrogen) atoms. The first-order chi connectivity index (χ1) is 6.77. The summed E-state index contributed by atoms with van der Waals surface area (Å²) in [5.74, 6) is 0.726. The second kappa shape index (κ2) is 5.12. The summed E-state index contributed by atoms with van der Waals surface area (Å²) in [5.41, 5.74) is 0. The Labute approximate surface area is 100.0 Å². The van der Waals surface area contributed by atoms with Crippen LogP contribution >= 0.6 is 22.6 Å². The summed E-state index contributed by atoms with van der Waals surface area (Å²) in [7, 11) is 0. The van der Waals surface area contributed by atoms with Gasteiger partial charge in [0, 0.05) is 12.3 Å². The van der Waals surface area contributed by atoms with E-state index in [9.17, 15) is 5.11 Å². The molecule has 82 valence electrons. The third kappa shape index (κ3) is 2.61. The van der Waals surface area contributed by atoms with Crippen LogP contribution in [0.25, 0.3) is 0 Å². The van der Waals surface area contributed by atoms with Crippen LogP contribution in [0.2, 0.25) is 0 Å². The number of hydrogen-bond acceptors (Lipinski definition) is 1. The molecule has 1 saturated heterocycles. The third-order valence-corrected chi connectivity index (χ3v) is 4.82. The lowest BCUT2D eigenvalue weighted by Gasteiger charge is -2.42. The van der Waals surface area contributed by atoms with Gasteiger partial charge in [-0.1, -0.05) is 31.8 Å². The van der Waals surface area contributed by atoms with E-state index in [0.29, 0.717) is 10.1 Å². The number of piperidine rings is 1. The molecule has 0 radical (unpaired) electrons. The van der Waals surface area contributed by atoms with Crippen molar-refractivity contribution in [3.05, 3.63) is 0 Å². The Balaban J connectivity index is 1.92. The van der Waals surface area contributed by atoms with Gasteiger partial charge in [-0.3, -0.25) is 0 Å². The quantitative estimate of drug-likeness (QED) is 0.434. The fourth-order valence-corrected chi connectivity index (χ4v) is 3.80. The smallest absolute Gasteiger partial charge is 0.136 e. The van der Waals surface area contributed by atoms with Crippen LogP contribution < -0.4 is 10.4 Å². The van der Waals surface area contributed by atoms with E-state index in [2.05, 4.69) is 27.9 Å². The van der Waals surface area contributed by atoms with Crippen molar-refractivity contribution in [3.63, 3.8) is 0 Å². The van der Waals surface area contributed by atoms with Gasteiger partial charge in [0.05, 0.1) is 6.04 Å². The first-order valence-corrected chi connectivity index (χ1v) is 7.17. The molecule has 0 spiro atoms. The van der Waals surface area contributed by atoms with E-state index in [1.54, 1.807) is 0 Å². The molecule has 0 aromatic heterocycles. The van der Waals surface area contributed by atoms with Crippen molar-refractivity contribution in [1.82, 2.24) is 0 Å². The van der Waals surface area contributed by atoms with Gasteiger partial charge in [0.1, 0.15) is 4.05 Å². The Hall–Kier alpha value is 0.650. The summed E-state index contributed by atoms with van der Waals surface area (Å²) >= 11 is 2.48. The SMILES string of the molecule is [O-]C1CCC(I)[NH2+]C1C1CCCCC1. The fraction of sp³-hybridized carbons (Fsp3) is 1.00. The highest BCUT2D eigenvalue weighted by Crippen LogP contribution is 2.28. The number of halogens is 1. The molecule has 1 aliphatic heterocycles. The van der Waals surface area contributed by atoms with Crippen molar-refractivity contribution in [1.29, 1.82) is 0 Å². The van der Waals surface area contributed by atoms with E-state index in [0.717, 1.165) is 18.8 Å². The molecular weight excluding hydrogens is 289 g/mol. The van der Waals surface area contributed by atoms with Gasteiger partial charge >= 0.3 is 0 Å². The molecule has 1 aliphatic carbocycles. The number of quaternary nitrogens is 1. The zero-order valence-corrected chi connectivity index (χ0v) is 10.8. The van der Waals surface area contributed by atoms with Crippen LogP contribution in [0.3, 0.4) is 0 Å². The average Bonchev–Trinajstić information content (AvgIpc) is 2.23. The molecule has 2 nitrogen and oxygen atoms in total. The number of nitrogens with two attached hydrogens (primary N) is 1. The first-order valence-electron chi connectivity index (χ1n) is 5.92. The highest BCUT2D eigenvalue weighted by molar-refractivity contribution is 14.1. The zero-order valence-electron chi connectivity index (χ0n) is 8.62. The van der Waals surface area contributed by atoms with Crippen LogP contribution in [0, 0.1) is 5.92 Å². The van der Waals surface area contributed by atoms with Gasteiger partial charge in [-0.05, 0) is 35.4 Å². The minimum absolute atomic E-state index is 0.288. The Bertz CT molecular complexity index is 182. The van der Waals surface area contributed by atoms with Crippen LogP contribution in [0.5, 0.6) is 0 Å². The van der Waals surface area contributed by atoms with E-state index < -0.39 is 0 Å². The molecule has 3 unspecified atom stereocenters. The lowest BCUT2D eigenvalue weighted by molar-refractivity contribution is -0.741. The fourth-order valence-electron chi connectivity index (χ4n) is 2.96. The van der Waals surface area contributed by atoms with Gasteiger partial charge < -0.3 is 10.4 Å². The summed E-state index contributed by atoms with van der Waals surface area (Å²) < 4.78 is 0.657. The molecule has 0 aromatic carbocycles. The monoisotopic (exact) mass is 309 g/mol. The van der Waals surface area contributed by atoms with Gasteiger partial charge in [0.25, 0.3) is 0 Å². The van der Waals surface area contributed by atoms with Crippen molar-refractivity contribution in [3.8, 4) is 0 Å². The largest absolute Gasteiger partial charge is 0.848 e. The maximum Gasteiger partial charge on any atom is 0.136 e. The molecule has 1 saturated carbocycles. The van der Waals surface area contributed by atoms with Crippen molar-refractivity contribution in [2.24, 2.45) is 5.92 Å². The summed E-state index contributed by atoms with van der Waals surface area (Å²) in [6, 6.07) is 0.394. The zero-order chi connectivity index (χ0) is 9.97. The maximum absolute atomic E-state index is 11.9. The van der Waals surface area contributed by atoms with E-state index in [4.69, 9.17) is 0 Å². The van der Waals surface area contributed by atoms with Crippen LogP contribution in [0.1, 0.15) is 44.9 Å². The summed E-state index contributed by atoms with van der Waals surface area (Å²) in [6.45, 7) is 0. The Morgan fingerprint density at radius 3 is 2.43 bits per heavy atom. The minimum atomic E-state index is -0.288. The summed E-state index contributed by atoms with van der Waals surface area (Å²) in [6.07, 6.45) is 8.45. The van der Waals surface area contributed by atoms with Crippen LogP contribution in [-0.4, -0.2) is 16.2 Å². The summed E-state index contributed by atoms with van der Waals surface area (Å²) in [5, 5.41) is 14.2. The molecule has 2 rings (SSSR count). The van der Waals surface area contributed by atoms with Crippen LogP contribution in [-0.2, 0) is 0 Å². The highest BCUT2D eigenvalue weighted by Gasteiger charge is 2.32. The molecule has 0 aromatic rings. The Morgan fingerprint density at radius 2 is 1.71 bits per heavy atom. The standard InChI is InChI=1S/C11H19INO/c12-10-7-6-9(14)11(13-10)8-4-2-1-3-5-8/h8-11,13H,1-7H2/q-1/p+1. The third-order valence-electron chi connectivity index (χ3n) is 3.78. The molecule has 0 bridgehead atoms. The molecule has 2 aliphatic rings. The molecule has 0 amide bonds. The number of alkyl halides is 1. The lowest BCUT2D eigenvalue weighted by atomic mass is 9.80. The molecule has 2 N–H and O–H groups in total. The Morgan fingerprint density at radius 1 is 1.00 bits per heavy atom. The van der Waals surface area contributed by atoms with Gasteiger partial charge in [0.2, 0.25) is 0 Å². The molecule has 2 fully saturated rings. The second-order valence-corrected chi connectivity index (χ2v) is 6.40. The topological polar surface area (TPSA) is 39.7 Å². The van der Waals surface area contributed by atoms with Crippen molar-refractivity contribution in [2.75, 3.05) is 0 Å². The van der Waals surface area contributed by atoms with Crippen molar-refractivity contribution >= 4 is 22.6 Å². The van der Waals surface area contributed by atoms with Crippen LogP contribution in [0.4, 0.5) is 0 Å². The summed E-state index contributed by atoms with van der Waals surface area (Å²) in [4.78, 5) is 0. The Kier molecular flexibility index (Phi) is 4.08. The normalized spacial score (nSPS) is 41.1. The molecular formula is C11H20INO. The van der Waals surface area contributed by atoms with Gasteiger partial charge in [-0.2, -0.15) is 0 Å². The highest BCUT2D eigenvalue weighted by atomic mass is 127. The maximum atomic E-state index is 11.9. The predicted octanol–water partition coefficient (Wildman–Crippen LogP) is 0.782. The van der Waals surface area contributed by atoms with Gasteiger partial charge in [-0.25, -0.2) is 0 Å². The predicted molar refractivity (Wildman–Crippen MR) is 63.1 cm³/mol. The number of hydrogen-bond donors (Lipinski definition) is 1. The molecule has 1 heterocycles. The van der Waals surface area contributed by atoms with Crippen LogP contribution in [0.15, 0.2) is 0 Å². The van der Waals surface area contributed by atoms with Crippen molar-refractivity contribution in [2.45, 2.75) is 61.1 Å². The van der Waals surface area contributed by atoms with Gasteiger partial charge in [0.15, 0.2) is 0 Å². The minimum Gasteiger partial charge on any atom is -0.848 e.